The van der Waals surface area contributed by atoms with E-state index in [0.717, 1.165) is 12.8 Å². The van der Waals surface area contributed by atoms with Gasteiger partial charge in [-0.25, -0.2) is 0 Å². The minimum absolute atomic E-state index is 0.0430. The van der Waals surface area contributed by atoms with Crippen LogP contribution in [-0.4, -0.2) is 17.3 Å². The lowest BCUT2D eigenvalue weighted by Gasteiger charge is -2.34. The Labute approximate surface area is 85.0 Å². The fraction of sp³-hybridized carbons (Fsp3) is 0.900. The van der Waals surface area contributed by atoms with Crippen molar-refractivity contribution < 1.29 is 4.79 Å². The fourth-order valence-electron chi connectivity index (χ4n) is 1.94. The molecule has 0 unspecified atom stereocenters. The van der Waals surface area contributed by atoms with Crippen molar-refractivity contribution in [3.05, 3.63) is 0 Å². The van der Waals surface area contributed by atoms with Gasteiger partial charge in [0.1, 0.15) is 0 Å². The summed E-state index contributed by atoms with van der Waals surface area (Å²) in [6.45, 7) is 2.14. The maximum Gasteiger partial charge on any atom is 0.221 e. The van der Waals surface area contributed by atoms with Crippen LogP contribution in [0.1, 0.15) is 45.4 Å². The number of rotatable bonds is 3. The summed E-state index contributed by atoms with van der Waals surface area (Å²) in [5.74, 6) is 0.515. The summed E-state index contributed by atoms with van der Waals surface area (Å²) in [5, 5.41) is 3.07. The highest BCUT2D eigenvalue weighted by Crippen LogP contribution is 2.27. The first-order chi connectivity index (χ1) is 6.16. The molecule has 0 aliphatic heterocycles. The van der Waals surface area contributed by atoms with Crippen molar-refractivity contribution in [1.82, 2.24) is 5.32 Å². The zero-order chi connectivity index (χ0) is 9.73. The number of hydrogen-bond acceptors (Lipinski definition) is 1. The van der Waals surface area contributed by atoms with E-state index in [1.165, 1.54) is 19.3 Å². The molecule has 3 heteroatoms. The lowest BCUT2D eigenvalue weighted by atomic mass is 9.83. The SMILES string of the molecule is CC1(NC(=O)CCCl)CCCCC1. The average Bonchev–Trinajstić information content (AvgIpc) is 2.04. The molecule has 1 N–H and O–H groups in total. The van der Waals surface area contributed by atoms with Crippen molar-refractivity contribution in [3.8, 4) is 0 Å². The standard InChI is InChI=1S/C10H18ClNO/c1-10(6-3-2-4-7-10)12-9(13)5-8-11/h2-8H2,1H3,(H,12,13). The highest BCUT2D eigenvalue weighted by molar-refractivity contribution is 6.18. The van der Waals surface area contributed by atoms with Crippen LogP contribution in [0, 0.1) is 0 Å². The van der Waals surface area contributed by atoms with Gasteiger partial charge in [-0.2, -0.15) is 0 Å². The second-order valence-electron chi connectivity index (χ2n) is 4.11. The minimum atomic E-state index is 0.0430. The number of carbonyl (C=O) groups is 1. The van der Waals surface area contributed by atoms with E-state index in [1.54, 1.807) is 0 Å². The van der Waals surface area contributed by atoms with Crippen LogP contribution in [0.2, 0.25) is 0 Å². The van der Waals surface area contributed by atoms with Crippen LogP contribution in [0.4, 0.5) is 0 Å². The molecule has 0 saturated heterocycles. The van der Waals surface area contributed by atoms with Crippen molar-refractivity contribution in [2.45, 2.75) is 51.0 Å². The van der Waals surface area contributed by atoms with Gasteiger partial charge in [-0.15, -0.1) is 11.6 Å². The van der Waals surface area contributed by atoms with E-state index in [-0.39, 0.29) is 11.4 Å². The number of amides is 1. The third-order valence-electron chi connectivity index (χ3n) is 2.72. The molecule has 1 rings (SSSR count). The molecule has 0 heterocycles. The first-order valence-electron chi connectivity index (χ1n) is 5.03. The molecule has 1 fully saturated rings. The molecule has 2 nitrogen and oxygen atoms in total. The lowest BCUT2D eigenvalue weighted by Crippen LogP contribution is -2.47. The first-order valence-corrected chi connectivity index (χ1v) is 5.57. The van der Waals surface area contributed by atoms with Gasteiger partial charge in [0, 0.05) is 17.8 Å². The monoisotopic (exact) mass is 203 g/mol. The molecule has 0 radical (unpaired) electrons. The van der Waals surface area contributed by atoms with E-state index in [0.29, 0.717) is 12.3 Å². The van der Waals surface area contributed by atoms with Crippen molar-refractivity contribution in [2.75, 3.05) is 5.88 Å². The van der Waals surface area contributed by atoms with Gasteiger partial charge in [0.05, 0.1) is 0 Å². The third-order valence-corrected chi connectivity index (χ3v) is 2.91. The Balaban J connectivity index is 2.36. The summed E-state index contributed by atoms with van der Waals surface area (Å²) in [6.07, 6.45) is 6.44. The van der Waals surface area contributed by atoms with Crippen LogP contribution in [0.25, 0.3) is 0 Å². The van der Waals surface area contributed by atoms with Gasteiger partial charge in [0.15, 0.2) is 0 Å². The minimum Gasteiger partial charge on any atom is -0.351 e. The number of halogens is 1. The van der Waals surface area contributed by atoms with E-state index < -0.39 is 0 Å². The largest absolute Gasteiger partial charge is 0.351 e. The number of hydrogen-bond donors (Lipinski definition) is 1. The summed E-state index contributed by atoms with van der Waals surface area (Å²) in [7, 11) is 0. The Morgan fingerprint density at radius 2 is 2.00 bits per heavy atom. The molecule has 13 heavy (non-hydrogen) atoms. The van der Waals surface area contributed by atoms with Crippen molar-refractivity contribution in [1.29, 1.82) is 0 Å². The maximum atomic E-state index is 11.3. The number of alkyl halides is 1. The molecular formula is C10H18ClNO. The average molecular weight is 204 g/mol. The molecule has 0 atom stereocenters. The Kier molecular flexibility index (Phi) is 4.04. The van der Waals surface area contributed by atoms with Crippen LogP contribution in [0.5, 0.6) is 0 Å². The van der Waals surface area contributed by atoms with Crippen molar-refractivity contribution in [3.63, 3.8) is 0 Å². The molecule has 1 aliphatic carbocycles. The highest BCUT2D eigenvalue weighted by atomic mass is 35.5. The van der Waals surface area contributed by atoms with Gasteiger partial charge in [0.2, 0.25) is 5.91 Å². The second kappa shape index (κ2) is 4.85. The van der Waals surface area contributed by atoms with Crippen molar-refractivity contribution in [2.24, 2.45) is 0 Å². The summed E-state index contributed by atoms with van der Waals surface area (Å²) in [6, 6.07) is 0. The van der Waals surface area contributed by atoms with Crippen LogP contribution in [-0.2, 0) is 4.79 Å². The normalized spacial score (nSPS) is 21.1. The van der Waals surface area contributed by atoms with E-state index in [4.69, 9.17) is 11.6 Å². The Morgan fingerprint density at radius 3 is 2.54 bits per heavy atom. The topological polar surface area (TPSA) is 29.1 Å². The van der Waals surface area contributed by atoms with Crippen molar-refractivity contribution >= 4 is 17.5 Å². The van der Waals surface area contributed by atoms with Gasteiger partial charge in [-0.3, -0.25) is 4.79 Å². The van der Waals surface area contributed by atoms with E-state index in [9.17, 15) is 4.79 Å². The molecule has 1 amide bonds. The van der Waals surface area contributed by atoms with E-state index >= 15 is 0 Å². The predicted octanol–water partition coefficient (Wildman–Crippen LogP) is 2.45. The zero-order valence-electron chi connectivity index (χ0n) is 8.24. The first kappa shape index (κ1) is 10.8. The molecule has 0 spiro atoms. The molecule has 76 valence electrons. The molecular weight excluding hydrogens is 186 g/mol. The summed E-state index contributed by atoms with van der Waals surface area (Å²) in [5.41, 5.74) is 0.0430. The zero-order valence-corrected chi connectivity index (χ0v) is 8.99. The van der Waals surface area contributed by atoms with Crippen LogP contribution in [0.15, 0.2) is 0 Å². The predicted molar refractivity (Wildman–Crippen MR) is 55.0 cm³/mol. The smallest absolute Gasteiger partial charge is 0.221 e. The summed E-state index contributed by atoms with van der Waals surface area (Å²) < 4.78 is 0. The van der Waals surface area contributed by atoms with Gasteiger partial charge >= 0.3 is 0 Å². The highest BCUT2D eigenvalue weighted by Gasteiger charge is 2.27. The maximum absolute atomic E-state index is 11.3. The third kappa shape index (κ3) is 3.55. The Bertz CT molecular complexity index is 176. The number of nitrogens with one attached hydrogen (secondary N) is 1. The molecule has 0 aromatic heterocycles. The van der Waals surface area contributed by atoms with Crippen LogP contribution >= 0.6 is 11.6 Å². The Morgan fingerprint density at radius 1 is 1.38 bits per heavy atom. The summed E-state index contributed by atoms with van der Waals surface area (Å²) in [4.78, 5) is 11.3. The van der Waals surface area contributed by atoms with Gasteiger partial charge < -0.3 is 5.32 Å². The lowest BCUT2D eigenvalue weighted by molar-refractivity contribution is -0.122. The van der Waals surface area contributed by atoms with Crippen LogP contribution < -0.4 is 5.32 Å². The fourth-order valence-corrected chi connectivity index (χ4v) is 2.11. The van der Waals surface area contributed by atoms with Gasteiger partial charge in [-0.05, 0) is 19.8 Å². The molecule has 0 aromatic rings. The molecule has 1 saturated carbocycles. The quantitative estimate of drug-likeness (QED) is 0.702. The molecule has 0 bridgehead atoms. The Hall–Kier alpha value is -0.240. The second-order valence-corrected chi connectivity index (χ2v) is 4.49. The van der Waals surface area contributed by atoms with Crippen LogP contribution in [0.3, 0.4) is 0 Å². The summed E-state index contributed by atoms with van der Waals surface area (Å²) >= 11 is 5.50. The van der Waals surface area contributed by atoms with Gasteiger partial charge in [-0.1, -0.05) is 19.3 Å². The van der Waals surface area contributed by atoms with Gasteiger partial charge in [0.25, 0.3) is 0 Å². The molecule has 0 aromatic carbocycles. The molecule has 1 aliphatic rings. The van der Waals surface area contributed by atoms with E-state index in [1.807, 2.05) is 0 Å². The van der Waals surface area contributed by atoms with E-state index in [2.05, 4.69) is 12.2 Å². The number of carbonyl (C=O) groups excluding carboxylic acids is 1.